The van der Waals surface area contributed by atoms with Crippen molar-refractivity contribution in [2.45, 2.75) is 113 Å². The summed E-state index contributed by atoms with van der Waals surface area (Å²) in [5, 5.41) is 69.9. The fraction of sp³-hybridized carbons (Fsp3) is 1.00. The van der Waals surface area contributed by atoms with Gasteiger partial charge in [0.1, 0.15) is 17.8 Å². The van der Waals surface area contributed by atoms with E-state index in [-0.39, 0.29) is 23.8 Å². The van der Waals surface area contributed by atoms with Crippen LogP contribution in [0.3, 0.4) is 0 Å². The molecule has 35 heavy (non-hydrogen) atoms. The van der Waals surface area contributed by atoms with Crippen LogP contribution in [0.5, 0.6) is 0 Å². The number of hydrogen-bond acceptors (Lipinski definition) is 8. The van der Waals surface area contributed by atoms with Crippen LogP contribution in [0.4, 0.5) is 0 Å². The molecule has 0 amide bonds. The molecule has 7 aliphatic rings. The summed E-state index contributed by atoms with van der Waals surface area (Å²) in [6.07, 6.45) is 1.05. The number of rotatable bonds is 0. The molecular formula is C27H43NO7. The lowest BCUT2D eigenvalue weighted by molar-refractivity contribution is -0.290. The Morgan fingerprint density at radius 1 is 0.886 bits per heavy atom. The first kappa shape index (κ1) is 23.8. The fourth-order valence-corrected chi connectivity index (χ4v) is 11.4. The SMILES string of the molecule is C[C@H]1CC[C@@H]2N(CC3[C@H]([C@@H](O)[C@H](O)[C@@]4(O)C5CCC6[C@]7(C)CC[C@H](O)[C@]6(O)O[C@@]57C[C@@H]34)[C@]2(C)O)C1. The molecule has 0 aromatic carbocycles. The number of hydrogen-bond donors (Lipinski definition) is 6. The lowest BCUT2D eigenvalue weighted by Crippen LogP contribution is -2.76. The monoisotopic (exact) mass is 493 g/mol. The molecule has 3 saturated heterocycles. The maximum Gasteiger partial charge on any atom is 0.196 e. The van der Waals surface area contributed by atoms with E-state index in [1.165, 1.54) is 0 Å². The van der Waals surface area contributed by atoms with Crippen LogP contribution in [-0.4, -0.2) is 95.6 Å². The van der Waals surface area contributed by atoms with Gasteiger partial charge in [0, 0.05) is 42.3 Å². The van der Waals surface area contributed by atoms with Crippen molar-refractivity contribution in [2.75, 3.05) is 13.1 Å². The number of fused-ring (bicyclic) bond motifs is 5. The van der Waals surface area contributed by atoms with Crippen LogP contribution in [0.25, 0.3) is 0 Å². The van der Waals surface area contributed by atoms with Gasteiger partial charge in [-0.15, -0.1) is 0 Å². The van der Waals surface area contributed by atoms with Gasteiger partial charge in [-0.25, -0.2) is 0 Å². The quantitative estimate of drug-likeness (QED) is 0.282. The van der Waals surface area contributed by atoms with Crippen molar-refractivity contribution in [3.05, 3.63) is 0 Å². The molecule has 1 spiro atoms. The van der Waals surface area contributed by atoms with Crippen molar-refractivity contribution in [3.63, 3.8) is 0 Å². The van der Waals surface area contributed by atoms with Gasteiger partial charge in [-0.05, 0) is 69.6 Å². The lowest BCUT2D eigenvalue weighted by Gasteiger charge is -2.63. The molecule has 8 heteroatoms. The van der Waals surface area contributed by atoms with Gasteiger partial charge in [0.2, 0.25) is 0 Å². The van der Waals surface area contributed by atoms with E-state index in [0.717, 1.165) is 19.4 Å². The third-order valence-electron chi connectivity index (χ3n) is 12.8. The summed E-state index contributed by atoms with van der Waals surface area (Å²) >= 11 is 0. The molecule has 6 N–H and O–H groups in total. The van der Waals surface area contributed by atoms with E-state index in [2.05, 4.69) is 18.7 Å². The summed E-state index contributed by atoms with van der Waals surface area (Å²) < 4.78 is 6.60. The topological polar surface area (TPSA) is 134 Å². The average Bonchev–Trinajstić information content (AvgIpc) is 3.04. The second kappa shape index (κ2) is 6.81. The molecular weight excluding hydrogens is 450 g/mol. The van der Waals surface area contributed by atoms with Crippen LogP contribution in [0.2, 0.25) is 0 Å². The number of piperidine rings is 2. The van der Waals surface area contributed by atoms with Gasteiger partial charge < -0.3 is 35.4 Å². The van der Waals surface area contributed by atoms with Crippen molar-refractivity contribution < 1.29 is 35.4 Å². The van der Waals surface area contributed by atoms with Crippen molar-refractivity contribution in [1.82, 2.24) is 4.90 Å². The van der Waals surface area contributed by atoms with Gasteiger partial charge in [-0.3, -0.25) is 4.90 Å². The van der Waals surface area contributed by atoms with Gasteiger partial charge in [-0.1, -0.05) is 13.8 Å². The first-order chi connectivity index (χ1) is 16.3. The van der Waals surface area contributed by atoms with Crippen LogP contribution in [0.1, 0.15) is 65.7 Å². The fourth-order valence-electron chi connectivity index (χ4n) is 11.4. The molecule has 3 unspecified atom stereocenters. The maximum atomic E-state index is 12.5. The van der Waals surface area contributed by atoms with Crippen molar-refractivity contribution in [3.8, 4) is 0 Å². The van der Waals surface area contributed by atoms with E-state index in [1.54, 1.807) is 0 Å². The molecule has 7 fully saturated rings. The predicted molar refractivity (Wildman–Crippen MR) is 125 cm³/mol. The zero-order chi connectivity index (χ0) is 24.9. The Balaban J connectivity index is 1.35. The summed E-state index contributed by atoms with van der Waals surface area (Å²) in [4.78, 5) is 2.36. The van der Waals surface area contributed by atoms with E-state index >= 15 is 0 Å². The number of ether oxygens (including phenoxy) is 1. The number of nitrogens with zero attached hydrogens (tertiary/aromatic N) is 1. The predicted octanol–water partition coefficient (Wildman–Crippen LogP) is 0.215. The van der Waals surface area contributed by atoms with E-state index in [1.807, 2.05) is 6.92 Å². The third-order valence-corrected chi connectivity index (χ3v) is 12.8. The van der Waals surface area contributed by atoms with Crippen molar-refractivity contribution in [2.24, 2.45) is 40.9 Å². The molecule has 8 nitrogen and oxygen atoms in total. The van der Waals surface area contributed by atoms with Gasteiger partial charge in [0.25, 0.3) is 0 Å². The number of aliphatic hydroxyl groups is 6. The normalized spacial score (nSPS) is 67.5. The second-order valence-corrected chi connectivity index (χ2v) is 14.1. The Bertz CT molecular complexity index is 931. The van der Waals surface area contributed by atoms with Crippen molar-refractivity contribution >= 4 is 0 Å². The molecule has 3 aliphatic heterocycles. The average molecular weight is 494 g/mol. The summed E-state index contributed by atoms with van der Waals surface area (Å²) in [7, 11) is 0. The lowest BCUT2D eigenvalue weighted by atomic mass is 9.49. The largest absolute Gasteiger partial charge is 0.390 e. The molecule has 4 saturated carbocycles. The Morgan fingerprint density at radius 2 is 1.60 bits per heavy atom. The van der Waals surface area contributed by atoms with Gasteiger partial charge >= 0.3 is 0 Å². The van der Waals surface area contributed by atoms with Crippen LogP contribution in [-0.2, 0) is 4.74 Å². The van der Waals surface area contributed by atoms with E-state index in [9.17, 15) is 30.6 Å². The summed E-state index contributed by atoms with van der Waals surface area (Å²) in [6, 6.07) is -0.0745. The van der Waals surface area contributed by atoms with Gasteiger partial charge in [0.05, 0.1) is 17.3 Å². The molecule has 4 bridgehead atoms. The zero-order valence-electron chi connectivity index (χ0n) is 21.2. The first-order valence-electron chi connectivity index (χ1n) is 14.0. The summed E-state index contributed by atoms with van der Waals surface area (Å²) in [5.74, 6) is -2.93. The second-order valence-electron chi connectivity index (χ2n) is 14.1. The smallest absolute Gasteiger partial charge is 0.196 e. The Hall–Kier alpha value is -0.320. The summed E-state index contributed by atoms with van der Waals surface area (Å²) in [5.41, 5.74) is -4.08. The first-order valence-corrected chi connectivity index (χ1v) is 14.0. The molecule has 0 aromatic heterocycles. The molecule has 198 valence electrons. The zero-order valence-corrected chi connectivity index (χ0v) is 21.2. The summed E-state index contributed by atoms with van der Waals surface area (Å²) in [6.45, 7) is 7.73. The van der Waals surface area contributed by atoms with Crippen LogP contribution in [0.15, 0.2) is 0 Å². The molecule has 0 radical (unpaired) electrons. The minimum absolute atomic E-state index is 0.0745. The van der Waals surface area contributed by atoms with Crippen LogP contribution in [0, 0.1) is 40.9 Å². The minimum Gasteiger partial charge on any atom is -0.390 e. The van der Waals surface area contributed by atoms with Crippen LogP contribution >= 0.6 is 0 Å². The molecule has 7 rings (SSSR count). The highest BCUT2D eigenvalue weighted by molar-refractivity contribution is 5.31. The Kier molecular flexibility index (Phi) is 4.62. The number of aliphatic hydroxyl groups excluding tert-OH is 3. The third kappa shape index (κ3) is 2.44. The van der Waals surface area contributed by atoms with Gasteiger partial charge in [0.15, 0.2) is 5.79 Å². The maximum absolute atomic E-state index is 12.5. The highest BCUT2D eigenvalue weighted by atomic mass is 16.7. The van der Waals surface area contributed by atoms with E-state index < -0.39 is 58.2 Å². The molecule has 0 aromatic rings. The highest BCUT2D eigenvalue weighted by Gasteiger charge is 2.84. The standard InChI is InChI=1S/C27H43NO7/c1-13-4-7-18-24(3,32)20-14(12-28(18)11-13)15-10-25-17(26(15,33)22(31)21(20)30)6-5-16-23(25,2)9-8-19(29)27(16,34)35-25/h13-22,29-34H,4-12H2,1-3H3/t13-,14?,15-,16?,17?,18-,19-,20+,21+,22-,23-,24+,25-,26-,27+/m0/s1. The van der Waals surface area contributed by atoms with Crippen molar-refractivity contribution in [1.29, 1.82) is 0 Å². The minimum atomic E-state index is -1.64. The van der Waals surface area contributed by atoms with E-state index in [0.29, 0.717) is 44.6 Å². The molecule has 3 heterocycles. The molecule has 15 atom stereocenters. The Morgan fingerprint density at radius 3 is 2.34 bits per heavy atom. The Labute approximate surface area is 207 Å². The van der Waals surface area contributed by atoms with Gasteiger partial charge in [-0.2, -0.15) is 0 Å². The molecule has 4 aliphatic carbocycles. The van der Waals surface area contributed by atoms with E-state index in [4.69, 9.17) is 4.74 Å². The van der Waals surface area contributed by atoms with Crippen LogP contribution < -0.4 is 0 Å². The highest BCUT2D eigenvalue weighted by Crippen LogP contribution is 2.76.